The summed E-state index contributed by atoms with van der Waals surface area (Å²) in [7, 11) is -1.23. The molecule has 0 aromatic heterocycles. The second kappa shape index (κ2) is 9.30. The Kier molecular flexibility index (Phi) is 7.17. The molecule has 0 bridgehead atoms. The third-order valence-electron chi connectivity index (χ3n) is 6.16. The van der Waals surface area contributed by atoms with Gasteiger partial charge in [0.2, 0.25) is 0 Å². The van der Waals surface area contributed by atoms with Gasteiger partial charge in [-0.05, 0) is 15.4 Å². The van der Waals surface area contributed by atoms with Gasteiger partial charge in [-0.1, -0.05) is 88.4 Å². The van der Waals surface area contributed by atoms with Crippen LogP contribution in [-0.4, -0.2) is 56.8 Å². The summed E-state index contributed by atoms with van der Waals surface area (Å²) in [4.78, 5) is 0. The third-order valence-corrected chi connectivity index (χ3v) is 11.2. The number of aliphatic hydroxyl groups excluding tert-OH is 2. The van der Waals surface area contributed by atoms with Crippen molar-refractivity contribution in [2.24, 2.45) is 5.92 Å². The smallest absolute Gasteiger partial charge is 0.261 e. The van der Waals surface area contributed by atoms with Crippen LogP contribution in [0.15, 0.2) is 60.7 Å². The van der Waals surface area contributed by atoms with Crippen molar-refractivity contribution in [2.45, 2.75) is 57.3 Å². The molecule has 6 heteroatoms. The largest absolute Gasteiger partial charge is 0.405 e. The Hall–Kier alpha value is -1.54. The van der Waals surface area contributed by atoms with E-state index < -0.39 is 32.9 Å². The monoisotopic (exact) mass is 430 g/mol. The van der Waals surface area contributed by atoms with E-state index in [1.54, 1.807) is 6.92 Å². The van der Waals surface area contributed by atoms with Crippen LogP contribution in [0, 0.1) is 5.92 Å². The quantitative estimate of drug-likeness (QED) is 0.689. The predicted octanol–water partition coefficient (Wildman–Crippen LogP) is 2.29. The maximum absolute atomic E-state index is 10.8. The summed E-state index contributed by atoms with van der Waals surface area (Å²) < 4.78 is 18.0. The molecule has 2 N–H and O–H groups in total. The van der Waals surface area contributed by atoms with Gasteiger partial charge in [0.1, 0.15) is 12.2 Å². The van der Waals surface area contributed by atoms with Crippen molar-refractivity contribution in [1.82, 2.24) is 0 Å². The molecule has 0 radical (unpaired) electrons. The van der Waals surface area contributed by atoms with Gasteiger partial charge in [0.15, 0.2) is 6.29 Å². The highest BCUT2D eigenvalue weighted by Crippen LogP contribution is 2.37. The Morgan fingerprint density at radius 1 is 0.900 bits per heavy atom. The minimum absolute atomic E-state index is 0.166. The van der Waals surface area contributed by atoms with Crippen molar-refractivity contribution in [2.75, 3.05) is 13.7 Å². The van der Waals surface area contributed by atoms with Gasteiger partial charge in [-0.3, -0.25) is 0 Å². The molecular weight excluding hydrogens is 396 g/mol. The summed E-state index contributed by atoms with van der Waals surface area (Å²) in [6.07, 6.45) is -3.09. The summed E-state index contributed by atoms with van der Waals surface area (Å²) >= 11 is 0. The van der Waals surface area contributed by atoms with Gasteiger partial charge in [0.25, 0.3) is 8.32 Å². The van der Waals surface area contributed by atoms with E-state index in [1.807, 2.05) is 36.4 Å². The van der Waals surface area contributed by atoms with Crippen LogP contribution in [0.2, 0.25) is 5.04 Å². The molecule has 1 heterocycles. The molecule has 164 valence electrons. The van der Waals surface area contributed by atoms with Gasteiger partial charge in [-0.25, -0.2) is 0 Å². The highest BCUT2D eigenvalue weighted by Gasteiger charge is 2.51. The summed E-state index contributed by atoms with van der Waals surface area (Å²) in [5.41, 5.74) is 0. The Morgan fingerprint density at radius 2 is 1.40 bits per heavy atom. The first-order chi connectivity index (χ1) is 14.2. The van der Waals surface area contributed by atoms with Gasteiger partial charge in [-0.2, -0.15) is 0 Å². The fourth-order valence-electron chi connectivity index (χ4n) is 4.42. The van der Waals surface area contributed by atoms with Crippen molar-refractivity contribution >= 4 is 18.7 Å². The van der Waals surface area contributed by atoms with Gasteiger partial charge in [0.05, 0.1) is 12.7 Å². The van der Waals surface area contributed by atoms with Crippen LogP contribution in [-0.2, 0) is 13.9 Å². The topological polar surface area (TPSA) is 68.2 Å². The van der Waals surface area contributed by atoms with Crippen LogP contribution in [0.1, 0.15) is 27.7 Å². The molecular formula is C24H34O5Si. The first-order valence-electron chi connectivity index (χ1n) is 10.5. The standard InChI is InChI=1S/C24H34O5Si/c1-17-21(25)20(29-23(27-5)22(17)26)16-28-30(24(2,3)4,18-12-8-6-9-13-18)19-14-10-7-11-15-19/h6-15,17,20-23,25-26H,16H2,1-5H3/t17-,20-,21-,22+,23+/m0/s1. The summed E-state index contributed by atoms with van der Waals surface area (Å²) in [6.45, 7) is 8.65. The van der Waals surface area contributed by atoms with Crippen LogP contribution >= 0.6 is 0 Å². The highest BCUT2D eigenvalue weighted by atomic mass is 28.4. The number of methoxy groups -OCH3 is 1. The second-order valence-electron chi connectivity index (χ2n) is 9.09. The lowest BCUT2D eigenvalue weighted by Gasteiger charge is -2.46. The molecule has 1 aliphatic heterocycles. The third kappa shape index (κ3) is 4.26. The number of benzene rings is 2. The zero-order valence-corrected chi connectivity index (χ0v) is 19.5. The molecule has 2 aromatic carbocycles. The van der Waals surface area contributed by atoms with E-state index in [4.69, 9.17) is 13.9 Å². The summed E-state index contributed by atoms with van der Waals surface area (Å²) in [5.74, 6) is -0.378. The van der Waals surface area contributed by atoms with Crippen molar-refractivity contribution < 1.29 is 24.1 Å². The lowest BCUT2D eigenvalue weighted by atomic mass is 9.91. The van der Waals surface area contributed by atoms with Gasteiger partial charge in [0, 0.05) is 13.0 Å². The summed E-state index contributed by atoms with van der Waals surface area (Å²) in [5, 5.41) is 23.2. The fourth-order valence-corrected chi connectivity index (χ4v) is 8.99. The minimum atomic E-state index is -2.73. The molecule has 30 heavy (non-hydrogen) atoms. The lowest BCUT2D eigenvalue weighted by molar-refractivity contribution is -0.279. The predicted molar refractivity (Wildman–Crippen MR) is 120 cm³/mol. The average Bonchev–Trinajstić information content (AvgIpc) is 2.74. The number of rotatable bonds is 6. The maximum Gasteiger partial charge on any atom is 0.261 e. The summed E-state index contributed by atoms with van der Waals surface area (Å²) in [6, 6.07) is 20.7. The Morgan fingerprint density at radius 3 is 1.83 bits per heavy atom. The Labute approximate surface area is 180 Å². The Balaban J connectivity index is 2.00. The number of hydrogen-bond acceptors (Lipinski definition) is 5. The van der Waals surface area contributed by atoms with Crippen molar-refractivity contribution in [3.05, 3.63) is 60.7 Å². The number of aliphatic hydroxyl groups is 2. The van der Waals surface area contributed by atoms with E-state index >= 15 is 0 Å². The fraction of sp³-hybridized carbons (Fsp3) is 0.500. The molecule has 2 aromatic rings. The molecule has 1 aliphatic rings. The molecule has 1 fully saturated rings. The number of hydrogen-bond donors (Lipinski definition) is 2. The average molecular weight is 431 g/mol. The van der Waals surface area contributed by atoms with E-state index in [2.05, 4.69) is 45.0 Å². The first-order valence-corrected chi connectivity index (χ1v) is 12.4. The van der Waals surface area contributed by atoms with Crippen molar-refractivity contribution in [1.29, 1.82) is 0 Å². The molecule has 0 spiro atoms. The molecule has 0 saturated carbocycles. The number of ether oxygens (including phenoxy) is 2. The van der Waals surface area contributed by atoms with Crippen LogP contribution in [0.3, 0.4) is 0 Å². The van der Waals surface area contributed by atoms with E-state index in [0.717, 1.165) is 0 Å². The molecule has 0 amide bonds. The second-order valence-corrected chi connectivity index (χ2v) is 13.4. The van der Waals surface area contributed by atoms with Gasteiger partial charge >= 0.3 is 0 Å². The first kappa shape index (κ1) is 23.1. The molecule has 0 aliphatic carbocycles. The van der Waals surface area contributed by atoms with E-state index in [0.29, 0.717) is 0 Å². The lowest BCUT2D eigenvalue weighted by Crippen LogP contribution is -2.68. The van der Waals surface area contributed by atoms with E-state index in [-0.39, 0.29) is 17.6 Å². The molecule has 5 atom stereocenters. The zero-order chi connectivity index (χ0) is 21.9. The van der Waals surface area contributed by atoms with E-state index in [1.165, 1.54) is 17.5 Å². The van der Waals surface area contributed by atoms with Gasteiger partial charge in [-0.15, -0.1) is 0 Å². The molecule has 5 nitrogen and oxygen atoms in total. The van der Waals surface area contributed by atoms with Crippen LogP contribution in [0.5, 0.6) is 0 Å². The van der Waals surface area contributed by atoms with Crippen LogP contribution in [0.25, 0.3) is 0 Å². The zero-order valence-electron chi connectivity index (χ0n) is 18.5. The SMILES string of the molecule is CO[C@@H]1O[C@@H](CO[Si](c2ccccc2)(c2ccccc2)C(C)(C)C)[C@@H](O)[C@H](C)[C@H]1O. The van der Waals surface area contributed by atoms with Crippen molar-refractivity contribution in [3.8, 4) is 0 Å². The van der Waals surface area contributed by atoms with E-state index in [9.17, 15) is 10.2 Å². The van der Waals surface area contributed by atoms with Crippen molar-refractivity contribution in [3.63, 3.8) is 0 Å². The Bertz CT molecular complexity index is 751. The van der Waals surface area contributed by atoms with Gasteiger partial charge < -0.3 is 24.1 Å². The molecule has 1 saturated heterocycles. The highest BCUT2D eigenvalue weighted by molar-refractivity contribution is 6.99. The minimum Gasteiger partial charge on any atom is -0.405 e. The maximum atomic E-state index is 10.8. The van der Waals surface area contributed by atoms with Crippen LogP contribution in [0.4, 0.5) is 0 Å². The molecule has 3 rings (SSSR count). The van der Waals surface area contributed by atoms with Crippen LogP contribution < -0.4 is 10.4 Å². The molecule has 0 unspecified atom stereocenters. The normalized spacial score (nSPS) is 27.8.